The fraction of sp³-hybridized carbons (Fsp3) is 0.278. The summed E-state index contributed by atoms with van der Waals surface area (Å²) in [6, 6.07) is 13.8. The van der Waals surface area contributed by atoms with Gasteiger partial charge in [0, 0.05) is 12.3 Å². The predicted octanol–water partition coefficient (Wildman–Crippen LogP) is 3.89. The highest BCUT2D eigenvalue weighted by Gasteiger charge is 2.13. The van der Waals surface area contributed by atoms with E-state index in [-0.39, 0.29) is 21.6 Å². The monoisotopic (exact) mass is 380 g/mol. The Morgan fingerprint density at radius 1 is 1.16 bits per heavy atom. The van der Waals surface area contributed by atoms with Gasteiger partial charge >= 0.3 is 6.03 Å². The Labute approximate surface area is 153 Å². The molecule has 0 radical (unpaired) electrons. The van der Waals surface area contributed by atoms with Gasteiger partial charge in [0.1, 0.15) is 0 Å². The van der Waals surface area contributed by atoms with Gasteiger partial charge in [0.15, 0.2) is 9.84 Å². The van der Waals surface area contributed by atoms with Crippen molar-refractivity contribution in [2.75, 3.05) is 11.6 Å². The van der Waals surface area contributed by atoms with Gasteiger partial charge in [-0.1, -0.05) is 41.9 Å². The molecule has 0 saturated heterocycles. The highest BCUT2D eigenvalue weighted by Crippen LogP contribution is 2.25. The molecule has 2 aromatic rings. The van der Waals surface area contributed by atoms with Gasteiger partial charge in [-0.15, -0.1) is 0 Å². The molecule has 0 spiro atoms. The molecule has 7 heteroatoms. The molecule has 0 aromatic heterocycles. The van der Waals surface area contributed by atoms with Gasteiger partial charge in [-0.2, -0.15) is 0 Å². The minimum atomic E-state index is -3.37. The Morgan fingerprint density at radius 3 is 2.48 bits per heavy atom. The summed E-state index contributed by atoms with van der Waals surface area (Å²) in [4.78, 5) is 12.2. The summed E-state index contributed by atoms with van der Waals surface area (Å²) in [5.41, 5.74) is 1.47. The van der Waals surface area contributed by atoms with E-state index in [1.165, 1.54) is 23.8 Å². The molecule has 0 bridgehead atoms. The van der Waals surface area contributed by atoms with Crippen LogP contribution in [0.5, 0.6) is 0 Å². The molecular weight excluding hydrogens is 360 g/mol. The second kappa shape index (κ2) is 8.36. The molecule has 0 saturated carbocycles. The summed E-state index contributed by atoms with van der Waals surface area (Å²) >= 11 is 6.03. The van der Waals surface area contributed by atoms with Crippen LogP contribution in [0.15, 0.2) is 53.4 Å². The highest BCUT2D eigenvalue weighted by molar-refractivity contribution is 7.90. The topological polar surface area (TPSA) is 75.3 Å². The number of carbonyl (C=O) groups excluding carboxylic acids is 1. The summed E-state index contributed by atoms with van der Waals surface area (Å²) in [5, 5.41) is 5.71. The number of nitrogens with one attached hydrogen (secondary N) is 2. The van der Waals surface area contributed by atoms with E-state index in [1.54, 1.807) is 0 Å². The summed E-state index contributed by atoms with van der Waals surface area (Å²) in [7, 11) is -3.37. The van der Waals surface area contributed by atoms with Crippen molar-refractivity contribution in [3.8, 4) is 0 Å². The average Bonchev–Trinajstić information content (AvgIpc) is 2.55. The van der Waals surface area contributed by atoms with Crippen molar-refractivity contribution in [2.24, 2.45) is 0 Å². The first-order valence-electron chi connectivity index (χ1n) is 7.87. The molecule has 134 valence electrons. The number of sulfone groups is 1. The van der Waals surface area contributed by atoms with E-state index < -0.39 is 15.9 Å². The lowest BCUT2D eigenvalue weighted by Crippen LogP contribution is -2.36. The maximum atomic E-state index is 12.1. The lowest BCUT2D eigenvalue weighted by atomic mass is 10.1. The molecule has 2 amide bonds. The number of aryl methyl sites for hydroxylation is 1. The lowest BCUT2D eigenvalue weighted by molar-refractivity contribution is 0.248. The van der Waals surface area contributed by atoms with Crippen LogP contribution in [0, 0.1) is 0 Å². The number of hydrogen-bond donors (Lipinski definition) is 2. The molecule has 0 aliphatic heterocycles. The molecule has 0 aliphatic rings. The smallest absolute Gasteiger partial charge is 0.319 e. The maximum absolute atomic E-state index is 12.1. The van der Waals surface area contributed by atoms with Crippen LogP contribution in [0.25, 0.3) is 0 Å². The first kappa shape index (κ1) is 19.3. The summed E-state index contributed by atoms with van der Waals surface area (Å²) in [5.74, 6) is 0. The zero-order valence-electron chi connectivity index (χ0n) is 14.1. The Bertz CT molecular complexity index is 839. The fourth-order valence-electron chi connectivity index (χ4n) is 2.31. The Kier molecular flexibility index (Phi) is 6.45. The minimum Gasteiger partial charge on any atom is -0.335 e. The zero-order chi connectivity index (χ0) is 18.4. The van der Waals surface area contributed by atoms with Crippen LogP contribution in [0.2, 0.25) is 5.02 Å². The van der Waals surface area contributed by atoms with Crippen molar-refractivity contribution in [1.29, 1.82) is 0 Å². The number of anilines is 1. The summed E-state index contributed by atoms with van der Waals surface area (Å²) in [6.45, 7) is 1.91. The fourth-order valence-corrected chi connectivity index (χ4v) is 3.12. The van der Waals surface area contributed by atoms with E-state index in [0.29, 0.717) is 0 Å². The van der Waals surface area contributed by atoms with Crippen LogP contribution in [-0.4, -0.2) is 26.7 Å². The van der Waals surface area contributed by atoms with Crippen molar-refractivity contribution in [1.82, 2.24) is 5.32 Å². The third-order valence-corrected chi connectivity index (χ3v) is 5.14. The average molecular weight is 381 g/mol. The van der Waals surface area contributed by atoms with Gasteiger partial charge in [-0.25, -0.2) is 13.2 Å². The number of rotatable bonds is 6. The maximum Gasteiger partial charge on any atom is 0.319 e. The van der Waals surface area contributed by atoms with E-state index in [1.807, 2.05) is 37.3 Å². The molecule has 25 heavy (non-hydrogen) atoms. The van der Waals surface area contributed by atoms with E-state index in [9.17, 15) is 13.2 Å². The second-order valence-corrected chi connectivity index (χ2v) is 8.36. The van der Waals surface area contributed by atoms with Crippen molar-refractivity contribution in [2.45, 2.75) is 30.7 Å². The van der Waals surface area contributed by atoms with Gasteiger partial charge < -0.3 is 10.6 Å². The lowest BCUT2D eigenvalue weighted by Gasteiger charge is -2.15. The Balaban J connectivity index is 1.93. The Hall–Kier alpha value is -2.05. The van der Waals surface area contributed by atoms with E-state index in [2.05, 4.69) is 10.6 Å². The molecule has 1 atom stereocenters. The molecule has 2 aromatic carbocycles. The third-order valence-electron chi connectivity index (χ3n) is 3.70. The quantitative estimate of drug-likeness (QED) is 0.798. The van der Waals surface area contributed by atoms with E-state index >= 15 is 0 Å². The van der Waals surface area contributed by atoms with Gasteiger partial charge in [0.25, 0.3) is 0 Å². The van der Waals surface area contributed by atoms with Crippen LogP contribution < -0.4 is 10.6 Å². The number of carbonyl (C=O) groups is 1. The summed E-state index contributed by atoms with van der Waals surface area (Å²) in [6.07, 6.45) is 2.74. The molecule has 2 N–H and O–H groups in total. The zero-order valence-corrected chi connectivity index (χ0v) is 15.7. The normalized spacial score (nSPS) is 12.4. The largest absolute Gasteiger partial charge is 0.335 e. The molecule has 1 unspecified atom stereocenters. The van der Waals surface area contributed by atoms with Crippen molar-refractivity contribution in [3.63, 3.8) is 0 Å². The van der Waals surface area contributed by atoms with Gasteiger partial charge in [-0.05, 0) is 43.5 Å². The molecule has 0 heterocycles. The van der Waals surface area contributed by atoms with Crippen LogP contribution in [0.1, 0.15) is 18.9 Å². The SMILES string of the molecule is CC(CCc1ccccc1)NC(=O)Nc1cc(S(C)(=O)=O)ccc1Cl. The van der Waals surface area contributed by atoms with E-state index in [4.69, 9.17) is 11.6 Å². The first-order chi connectivity index (χ1) is 11.8. The van der Waals surface area contributed by atoms with Crippen molar-refractivity contribution >= 4 is 33.2 Å². The van der Waals surface area contributed by atoms with Gasteiger partial charge in [-0.3, -0.25) is 0 Å². The predicted molar refractivity (Wildman–Crippen MR) is 101 cm³/mol. The molecule has 5 nitrogen and oxygen atoms in total. The number of halogens is 1. The third kappa shape index (κ3) is 6.07. The first-order valence-corrected chi connectivity index (χ1v) is 10.1. The van der Waals surface area contributed by atoms with Crippen molar-refractivity contribution < 1.29 is 13.2 Å². The standard InChI is InChI=1S/C18H21ClN2O3S/c1-13(8-9-14-6-4-3-5-7-14)20-18(22)21-17-12-15(25(2,23)24)10-11-16(17)19/h3-7,10-13H,8-9H2,1-2H3,(H2,20,21,22). The van der Waals surface area contributed by atoms with E-state index in [0.717, 1.165) is 19.1 Å². The number of urea groups is 1. The van der Waals surface area contributed by atoms with Gasteiger partial charge in [0.05, 0.1) is 15.6 Å². The van der Waals surface area contributed by atoms with Crippen LogP contribution >= 0.6 is 11.6 Å². The minimum absolute atomic E-state index is 0.0444. The number of amides is 2. The molecule has 2 rings (SSSR count). The highest BCUT2D eigenvalue weighted by atomic mass is 35.5. The molecule has 0 fully saturated rings. The van der Waals surface area contributed by atoms with Crippen LogP contribution in [-0.2, 0) is 16.3 Å². The van der Waals surface area contributed by atoms with Crippen LogP contribution in [0.4, 0.5) is 10.5 Å². The van der Waals surface area contributed by atoms with Gasteiger partial charge in [0.2, 0.25) is 0 Å². The molecular formula is C18H21ClN2O3S. The van der Waals surface area contributed by atoms with Crippen LogP contribution in [0.3, 0.4) is 0 Å². The summed E-state index contributed by atoms with van der Waals surface area (Å²) < 4.78 is 23.2. The number of hydrogen-bond acceptors (Lipinski definition) is 3. The Morgan fingerprint density at radius 2 is 1.84 bits per heavy atom. The van der Waals surface area contributed by atoms with Crippen molar-refractivity contribution in [3.05, 3.63) is 59.1 Å². The number of benzene rings is 2. The molecule has 0 aliphatic carbocycles. The second-order valence-electron chi connectivity index (χ2n) is 5.94.